The van der Waals surface area contributed by atoms with Crippen molar-refractivity contribution in [3.8, 4) is 0 Å². The molecule has 4 nitrogen and oxygen atoms in total. The molecule has 0 spiro atoms. The van der Waals surface area contributed by atoms with E-state index in [0.29, 0.717) is 13.0 Å². The van der Waals surface area contributed by atoms with E-state index in [4.69, 9.17) is 25.8 Å². The third-order valence-corrected chi connectivity index (χ3v) is 4.98. The molecule has 0 aromatic heterocycles. The zero-order valence-electron chi connectivity index (χ0n) is 14.3. The molecule has 0 amide bonds. The molecule has 0 bridgehead atoms. The van der Waals surface area contributed by atoms with E-state index in [0.717, 1.165) is 42.7 Å². The number of hydrogen-bond acceptors (Lipinski definition) is 4. The zero-order chi connectivity index (χ0) is 16.9. The highest BCUT2D eigenvalue weighted by atomic mass is 35.5. The van der Waals surface area contributed by atoms with E-state index in [9.17, 15) is 4.79 Å². The van der Waals surface area contributed by atoms with E-state index in [-0.39, 0.29) is 18.2 Å². The minimum atomic E-state index is -0.531. The van der Waals surface area contributed by atoms with Crippen molar-refractivity contribution in [3.05, 3.63) is 22.8 Å². The quantitative estimate of drug-likeness (QED) is 0.640. The zero-order valence-corrected chi connectivity index (χ0v) is 15.0. The second kappa shape index (κ2) is 8.32. The minimum absolute atomic E-state index is 0.0584. The van der Waals surface area contributed by atoms with E-state index in [1.54, 1.807) is 0 Å². The third-order valence-electron chi connectivity index (χ3n) is 4.55. The molecule has 2 atom stereocenters. The average Bonchev–Trinajstić information content (AvgIpc) is 2.88. The van der Waals surface area contributed by atoms with Crippen LogP contribution in [0.4, 0.5) is 0 Å². The third kappa shape index (κ3) is 4.82. The van der Waals surface area contributed by atoms with Gasteiger partial charge in [0.05, 0.1) is 18.8 Å². The van der Waals surface area contributed by atoms with Crippen LogP contribution in [0.3, 0.4) is 0 Å². The molecule has 1 heterocycles. The highest BCUT2D eigenvalue weighted by Crippen LogP contribution is 2.39. The summed E-state index contributed by atoms with van der Waals surface area (Å²) in [4.78, 5) is 11.0. The van der Waals surface area contributed by atoms with E-state index in [2.05, 4.69) is 26.0 Å². The number of carbonyl (C=O) groups is 1. The molecule has 0 N–H and O–H groups in total. The minimum Gasteiger partial charge on any atom is -0.466 e. The van der Waals surface area contributed by atoms with Crippen molar-refractivity contribution in [1.82, 2.24) is 0 Å². The molecule has 0 radical (unpaired) electrons. The summed E-state index contributed by atoms with van der Waals surface area (Å²) < 4.78 is 17.6. The molecule has 1 saturated heterocycles. The number of ether oxygens (including phenoxy) is 3. The first kappa shape index (κ1) is 18.5. The SMILES string of the molecule is CCC1(CC)OC(CCOC(C)=O)C(CC2=C(Cl)CCC=C2)O1. The van der Waals surface area contributed by atoms with Gasteiger partial charge in [0.2, 0.25) is 0 Å². The predicted octanol–water partition coefficient (Wildman–Crippen LogP) is 4.47. The smallest absolute Gasteiger partial charge is 0.302 e. The van der Waals surface area contributed by atoms with E-state index >= 15 is 0 Å². The van der Waals surface area contributed by atoms with Gasteiger partial charge in [-0.3, -0.25) is 4.79 Å². The van der Waals surface area contributed by atoms with Crippen molar-refractivity contribution >= 4 is 17.6 Å². The maximum Gasteiger partial charge on any atom is 0.302 e. The Morgan fingerprint density at radius 3 is 2.65 bits per heavy atom. The summed E-state index contributed by atoms with van der Waals surface area (Å²) in [5, 5.41) is 0.917. The van der Waals surface area contributed by atoms with Gasteiger partial charge in [-0.15, -0.1) is 0 Å². The lowest BCUT2D eigenvalue weighted by Gasteiger charge is -2.25. The van der Waals surface area contributed by atoms with Crippen LogP contribution in [0.15, 0.2) is 22.8 Å². The molecule has 130 valence electrons. The second-order valence-corrected chi connectivity index (χ2v) is 6.59. The summed E-state index contributed by atoms with van der Waals surface area (Å²) in [6.45, 7) is 5.92. The van der Waals surface area contributed by atoms with Crippen LogP contribution in [0.1, 0.15) is 59.3 Å². The van der Waals surface area contributed by atoms with Crippen LogP contribution in [0, 0.1) is 0 Å². The normalized spacial score (nSPS) is 26.6. The maximum absolute atomic E-state index is 11.0. The fraction of sp³-hybridized carbons (Fsp3) is 0.722. The summed E-state index contributed by atoms with van der Waals surface area (Å²) in [5.74, 6) is -0.796. The highest BCUT2D eigenvalue weighted by Gasteiger charge is 2.45. The average molecular weight is 343 g/mol. The van der Waals surface area contributed by atoms with Crippen molar-refractivity contribution in [2.24, 2.45) is 0 Å². The van der Waals surface area contributed by atoms with Gasteiger partial charge in [-0.2, -0.15) is 0 Å². The first-order valence-electron chi connectivity index (χ1n) is 8.52. The molecular weight excluding hydrogens is 316 g/mol. The summed E-state index contributed by atoms with van der Waals surface area (Å²) in [6.07, 6.45) is 8.97. The molecule has 0 aromatic rings. The Morgan fingerprint density at radius 1 is 1.35 bits per heavy atom. The van der Waals surface area contributed by atoms with Gasteiger partial charge in [-0.05, 0) is 31.3 Å². The van der Waals surface area contributed by atoms with E-state index < -0.39 is 5.79 Å². The molecular formula is C18H27ClO4. The molecule has 23 heavy (non-hydrogen) atoms. The van der Waals surface area contributed by atoms with Crippen molar-refractivity contribution in [3.63, 3.8) is 0 Å². The number of hydrogen-bond donors (Lipinski definition) is 0. The van der Waals surface area contributed by atoms with Gasteiger partial charge < -0.3 is 14.2 Å². The Labute approximate surface area is 143 Å². The Hall–Kier alpha value is -0.840. The summed E-state index contributed by atoms with van der Waals surface area (Å²) in [7, 11) is 0. The van der Waals surface area contributed by atoms with Crippen LogP contribution in [0.25, 0.3) is 0 Å². The van der Waals surface area contributed by atoms with Crippen LogP contribution < -0.4 is 0 Å². The largest absolute Gasteiger partial charge is 0.466 e. The highest BCUT2D eigenvalue weighted by molar-refractivity contribution is 6.30. The Morgan fingerprint density at radius 2 is 2.04 bits per heavy atom. The first-order chi connectivity index (χ1) is 11.0. The Kier molecular flexibility index (Phi) is 6.69. The fourth-order valence-corrected chi connectivity index (χ4v) is 3.38. The lowest BCUT2D eigenvalue weighted by Crippen LogP contribution is -2.29. The van der Waals surface area contributed by atoms with Gasteiger partial charge in [0.25, 0.3) is 0 Å². The summed E-state index contributed by atoms with van der Waals surface area (Å²) in [5.41, 5.74) is 1.13. The van der Waals surface area contributed by atoms with Gasteiger partial charge in [-0.25, -0.2) is 0 Å². The van der Waals surface area contributed by atoms with Gasteiger partial charge in [0, 0.05) is 24.8 Å². The van der Waals surface area contributed by atoms with Gasteiger partial charge in [0.1, 0.15) is 0 Å². The standard InChI is InChI=1S/C18H27ClO4/c1-4-18(5-2)22-16(10-11-21-13(3)20)17(23-18)12-14-8-6-7-9-15(14)19/h6,8,16-17H,4-5,7,9-12H2,1-3H3. The molecule has 2 unspecified atom stereocenters. The van der Waals surface area contributed by atoms with Crippen molar-refractivity contribution in [2.75, 3.05) is 6.61 Å². The topological polar surface area (TPSA) is 44.8 Å². The van der Waals surface area contributed by atoms with Crippen LogP contribution in [0.5, 0.6) is 0 Å². The number of allylic oxidation sites excluding steroid dienone is 3. The molecule has 0 saturated carbocycles. The van der Waals surface area contributed by atoms with Crippen LogP contribution >= 0.6 is 11.6 Å². The van der Waals surface area contributed by atoms with E-state index in [1.807, 2.05) is 0 Å². The van der Waals surface area contributed by atoms with Crippen molar-refractivity contribution < 1.29 is 19.0 Å². The van der Waals surface area contributed by atoms with Gasteiger partial charge in [0.15, 0.2) is 5.79 Å². The number of carbonyl (C=O) groups excluding carboxylic acids is 1. The first-order valence-corrected chi connectivity index (χ1v) is 8.90. The maximum atomic E-state index is 11.0. The Bertz CT molecular complexity index is 479. The van der Waals surface area contributed by atoms with Gasteiger partial charge >= 0.3 is 5.97 Å². The second-order valence-electron chi connectivity index (χ2n) is 6.13. The van der Waals surface area contributed by atoms with Crippen molar-refractivity contribution in [2.45, 2.75) is 77.3 Å². The van der Waals surface area contributed by atoms with E-state index in [1.165, 1.54) is 6.92 Å². The molecule has 5 heteroatoms. The monoisotopic (exact) mass is 342 g/mol. The molecule has 2 aliphatic rings. The fourth-order valence-electron chi connectivity index (χ4n) is 3.13. The van der Waals surface area contributed by atoms with Crippen LogP contribution in [0.2, 0.25) is 0 Å². The van der Waals surface area contributed by atoms with Crippen molar-refractivity contribution in [1.29, 1.82) is 0 Å². The van der Waals surface area contributed by atoms with Crippen LogP contribution in [-0.4, -0.2) is 30.6 Å². The lowest BCUT2D eigenvalue weighted by molar-refractivity contribution is -0.180. The molecule has 1 aliphatic heterocycles. The van der Waals surface area contributed by atoms with Crippen LogP contribution in [-0.2, 0) is 19.0 Å². The molecule has 2 rings (SSSR count). The number of rotatable bonds is 7. The molecule has 0 aromatic carbocycles. The lowest BCUT2D eigenvalue weighted by atomic mass is 9.97. The Balaban J connectivity index is 2.06. The molecule has 1 fully saturated rings. The summed E-state index contributed by atoms with van der Waals surface area (Å²) in [6, 6.07) is 0. The predicted molar refractivity (Wildman–Crippen MR) is 90.2 cm³/mol. The number of halogens is 1. The van der Waals surface area contributed by atoms with Gasteiger partial charge in [-0.1, -0.05) is 37.6 Å². The number of esters is 1. The molecule has 1 aliphatic carbocycles. The summed E-state index contributed by atoms with van der Waals surface area (Å²) >= 11 is 6.36.